The van der Waals surface area contributed by atoms with E-state index in [1.807, 2.05) is 13.0 Å². The summed E-state index contributed by atoms with van der Waals surface area (Å²) in [5.41, 5.74) is 2.23. The molecule has 3 rings (SSSR count). The van der Waals surface area contributed by atoms with E-state index in [2.05, 4.69) is 10.0 Å². The van der Waals surface area contributed by atoms with Gasteiger partial charge in [-0.05, 0) is 62.8 Å². The lowest BCUT2D eigenvalue weighted by molar-refractivity contribution is -0.384. The zero-order valence-electron chi connectivity index (χ0n) is 17.2. The van der Waals surface area contributed by atoms with Crippen molar-refractivity contribution in [3.63, 3.8) is 0 Å². The topological polar surface area (TPSA) is 111 Å². The van der Waals surface area contributed by atoms with Crippen molar-refractivity contribution in [3.05, 3.63) is 57.6 Å². The third-order valence-electron chi connectivity index (χ3n) is 4.93. The summed E-state index contributed by atoms with van der Waals surface area (Å²) in [5, 5.41) is 14.5. The van der Waals surface area contributed by atoms with Gasteiger partial charge in [0, 0.05) is 25.8 Å². The minimum absolute atomic E-state index is 0.160. The van der Waals surface area contributed by atoms with E-state index < -0.39 is 14.9 Å². The molecule has 1 saturated carbocycles. The van der Waals surface area contributed by atoms with Crippen molar-refractivity contribution < 1.29 is 18.1 Å². The molecule has 0 unspecified atom stereocenters. The lowest BCUT2D eigenvalue weighted by atomic mass is 10.1. The lowest BCUT2D eigenvalue weighted by Gasteiger charge is -2.12. The Labute approximate surface area is 176 Å². The monoisotopic (exact) mass is 433 g/mol. The average molecular weight is 434 g/mol. The third-order valence-corrected chi connectivity index (χ3v) is 6.30. The van der Waals surface area contributed by atoms with E-state index in [0.717, 1.165) is 23.8 Å². The fourth-order valence-corrected chi connectivity index (χ4v) is 4.19. The molecule has 30 heavy (non-hydrogen) atoms. The standard InChI is InChI=1S/C21H27N3O5S/c1-15-4-8-19(16(2)12-15)23-30(27,28)18-7-9-20(21(13-18)24(25)26)22-10-3-11-29-14-17-5-6-17/h4,7-9,12-13,17,22-23H,3,5-6,10-11,14H2,1-2H3. The minimum Gasteiger partial charge on any atom is -0.381 e. The predicted octanol–water partition coefficient (Wildman–Crippen LogP) is 4.24. The molecule has 0 saturated heterocycles. The SMILES string of the molecule is Cc1ccc(NS(=O)(=O)c2ccc(NCCCOCC3CC3)c([N+](=O)[O-])c2)c(C)c1. The maximum atomic E-state index is 12.7. The second-order valence-corrected chi connectivity index (χ2v) is 9.34. The Morgan fingerprint density at radius 3 is 2.53 bits per heavy atom. The van der Waals surface area contributed by atoms with Crippen molar-refractivity contribution in [1.82, 2.24) is 0 Å². The fourth-order valence-electron chi connectivity index (χ4n) is 3.04. The summed E-state index contributed by atoms with van der Waals surface area (Å²) in [6, 6.07) is 9.22. The van der Waals surface area contributed by atoms with Gasteiger partial charge in [-0.2, -0.15) is 0 Å². The van der Waals surface area contributed by atoms with Crippen molar-refractivity contribution in [3.8, 4) is 0 Å². The van der Waals surface area contributed by atoms with E-state index in [4.69, 9.17) is 4.74 Å². The second-order valence-electron chi connectivity index (χ2n) is 7.66. The lowest BCUT2D eigenvalue weighted by Crippen LogP contribution is -2.15. The Bertz CT molecular complexity index is 1020. The Kier molecular flexibility index (Phi) is 6.94. The van der Waals surface area contributed by atoms with Gasteiger partial charge in [0.1, 0.15) is 5.69 Å². The van der Waals surface area contributed by atoms with Gasteiger partial charge in [0.05, 0.1) is 15.5 Å². The first-order valence-corrected chi connectivity index (χ1v) is 11.4. The molecule has 0 aromatic heterocycles. The number of sulfonamides is 1. The van der Waals surface area contributed by atoms with E-state index in [0.29, 0.717) is 31.2 Å². The molecular formula is C21H27N3O5S. The van der Waals surface area contributed by atoms with E-state index in [1.54, 1.807) is 19.1 Å². The molecule has 0 bridgehead atoms. The van der Waals surface area contributed by atoms with Gasteiger partial charge in [0.2, 0.25) is 0 Å². The van der Waals surface area contributed by atoms with E-state index in [1.165, 1.54) is 25.0 Å². The highest BCUT2D eigenvalue weighted by atomic mass is 32.2. The number of hydrogen-bond acceptors (Lipinski definition) is 6. The van der Waals surface area contributed by atoms with Gasteiger partial charge >= 0.3 is 0 Å². The summed E-state index contributed by atoms with van der Waals surface area (Å²) in [5.74, 6) is 0.700. The summed E-state index contributed by atoms with van der Waals surface area (Å²) < 4.78 is 33.6. The molecule has 0 spiro atoms. The first-order valence-electron chi connectivity index (χ1n) is 9.96. The van der Waals surface area contributed by atoms with E-state index >= 15 is 0 Å². The fraction of sp³-hybridized carbons (Fsp3) is 0.429. The molecule has 0 atom stereocenters. The normalized spacial score (nSPS) is 13.8. The van der Waals surface area contributed by atoms with Gasteiger partial charge in [0.15, 0.2) is 0 Å². The Morgan fingerprint density at radius 2 is 1.87 bits per heavy atom. The number of ether oxygens (including phenoxy) is 1. The van der Waals surface area contributed by atoms with Crippen LogP contribution in [-0.4, -0.2) is 33.1 Å². The maximum absolute atomic E-state index is 12.7. The Hall–Kier alpha value is -2.65. The number of benzene rings is 2. The van der Waals surface area contributed by atoms with Gasteiger partial charge in [-0.1, -0.05) is 17.7 Å². The van der Waals surface area contributed by atoms with Gasteiger partial charge in [0.25, 0.3) is 15.7 Å². The van der Waals surface area contributed by atoms with Crippen molar-refractivity contribution in [1.29, 1.82) is 0 Å². The highest BCUT2D eigenvalue weighted by molar-refractivity contribution is 7.92. The van der Waals surface area contributed by atoms with Crippen molar-refractivity contribution >= 4 is 27.1 Å². The van der Waals surface area contributed by atoms with E-state index in [9.17, 15) is 18.5 Å². The van der Waals surface area contributed by atoms with Crippen LogP contribution in [0.4, 0.5) is 17.1 Å². The molecule has 162 valence electrons. The number of rotatable bonds is 11. The molecule has 1 fully saturated rings. The van der Waals surface area contributed by atoms with Crippen LogP contribution >= 0.6 is 0 Å². The highest BCUT2D eigenvalue weighted by Gasteiger charge is 2.22. The number of nitro groups is 1. The molecule has 0 heterocycles. The van der Waals surface area contributed by atoms with Crippen molar-refractivity contribution in [2.24, 2.45) is 5.92 Å². The molecule has 8 nitrogen and oxygen atoms in total. The number of anilines is 2. The average Bonchev–Trinajstić information content (AvgIpc) is 3.51. The van der Waals surface area contributed by atoms with E-state index in [-0.39, 0.29) is 16.3 Å². The number of hydrogen-bond donors (Lipinski definition) is 2. The molecule has 2 aromatic carbocycles. The Balaban J connectivity index is 1.67. The number of nitro benzene ring substituents is 1. The summed E-state index contributed by atoms with van der Waals surface area (Å²) in [6.07, 6.45) is 3.17. The first kappa shape index (κ1) is 22.0. The highest BCUT2D eigenvalue weighted by Crippen LogP contribution is 2.30. The molecule has 2 aromatic rings. The first-order chi connectivity index (χ1) is 14.3. The molecule has 2 N–H and O–H groups in total. The van der Waals surface area contributed by atoms with Gasteiger partial charge in [-0.15, -0.1) is 0 Å². The molecule has 0 aliphatic heterocycles. The Morgan fingerprint density at radius 1 is 1.13 bits per heavy atom. The van der Waals surface area contributed by atoms with Crippen LogP contribution in [0, 0.1) is 29.9 Å². The summed E-state index contributed by atoms with van der Waals surface area (Å²) >= 11 is 0. The molecule has 1 aliphatic rings. The van der Waals surface area contributed by atoms with Gasteiger partial charge in [-0.3, -0.25) is 14.8 Å². The van der Waals surface area contributed by atoms with Crippen LogP contribution in [0.25, 0.3) is 0 Å². The molecule has 0 amide bonds. The van der Waals surface area contributed by atoms with Gasteiger partial charge in [-0.25, -0.2) is 8.42 Å². The summed E-state index contributed by atoms with van der Waals surface area (Å²) in [7, 11) is -3.96. The molecule has 1 aliphatic carbocycles. The van der Waals surface area contributed by atoms with Crippen LogP contribution in [-0.2, 0) is 14.8 Å². The summed E-state index contributed by atoms with van der Waals surface area (Å²) in [4.78, 5) is 10.8. The number of aryl methyl sites for hydroxylation is 2. The van der Waals surface area contributed by atoms with Crippen LogP contribution in [0.15, 0.2) is 41.3 Å². The summed E-state index contributed by atoms with van der Waals surface area (Å²) in [6.45, 7) is 5.58. The van der Waals surface area contributed by atoms with Crippen LogP contribution in [0.3, 0.4) is 0 Å². The number of nitrogens with zero attached hydrogens (tertiary/aromatic N) is 1. The van der Waals surface area contributed by atoms with Crippen LogP contribution < -0.4 is 10.0 Å². The van der Waals surface area contributed by atoms with Crippen LogP contribution in [0.5, 0.6) is 0 Å². The third kappa shape index (κ3) is 5.93. The van der Waals surface area contributed by atoms with Crippen molar-refractivity contribution in [2.45, 2.75) is 38.0 Å². The second kappa shape index (κ2) is 9.44. The predicted molar refractivity (Wildman–Crippen MR) is 116 cm³/mol. The molecule has 0 radical (unpaired) electrons. The maximum Gasteiger partial charge on any atom is 0.293 e. The van der Waals surface area contributed by atoms with Crippen molar-refractivity contribution in [2.75, 3.05) is 29.8 Å². The van der Waals surface area contributed by atoms with Crippen LogP contribution in [0.1, 0.15) is 30.4 Å². The van der Waals surface area contributed by atoms with Gasteiger partial charge < -0.3 is 10.1 Å². The van der Waals surface area contributed by atoms with Crippen LogP contribution in [0.2, 0.25) is 0 Å². The quantitative estimate of drug-likeness (QED) is 0.311. The minimum atomic E-state index is -3.96. The zero-order valence-corrected chi connectivity index (χ0v) is 18.0. The number of nitrogens with one attached hydrogen (secondary N) is 2. The largest absolute Gasteiger partial charge is 0.381 e. The smallest absolute Gasteiger partial charge is 0.293 e. The molecular weight excluding hydrogens is 406 g/mol. The zero-order chi connectivity index (χ0) is 21.7. The molecule has 9 heteroatoms.